The molecule has 0 heterocycles. The van der Waals surface area contributed by atoms with Crippen LogP contribution in [0, 0.1) is 5.82 Å². The molecule has 7 nitrogen and oxygen atoms in total. The Hall–Kier alpha value is -3.43. The van der Waals surface area contributed by atoms with E-state index in [4.69, 9.17) is 16.3 Å². The van der Waals surface area contributed by atoms with Crippen molar-refractivity contribution in [1.29, 1.82) is 0 Å². The Morgan fingerprint density at radius 1 is 1.00 bits per heavy atom. The van der Waals surface area contributed by atoms with Gasteiger partial charge in [0.15, 0.2) is 0 Å². The highest BCUT2D eigenvalue weighted by molar-refractivity contribution is 7.92. The molecule has 10 heteroatoms. The highest BCUT2D eigenvalue weighted by Crippen LogP contribution is 2.26. The van der Waals surface area contributed by atoms with E-state index in [1.165, 1.54) is 54.6 Å². The number of ether oxygens (including phenoxy) is 1. The molecule has 0 saturated carbocycles. The van der Waals surface area contributed by atoms with Crippen LogP contribution in [0.5, 0.6) is 0 Å². The predicted molar refractivity (Wildman–Crippen MR) is 119 cm³/mol. The standard InChI is InChI=1S/C22H18ClFN2O5S/c1-2-31-22(28)14-6-9-17(10-7-14)25-21(27)15-8-11-19(23)20(12-15)26-32(29,30)18-5-3-4-16(24)13-18/h3-13,26H,2H2,1H3,(H,25,27). The maximum atomic E-state index is 13.4. The van der Waals surface area contributed by atoms with E-state index in [-0.39, 0.29) is 27.8 Å². The third-order valence-corrected chi connectivity index (χ3v) is 5.93. The van der Waals surface area contributed by atoms with Crippen LogP contribution in [0.1, 0.15) is 27.6 Å². The van der Waals surface area contributed by atoms with E-state index in [9.17, 15) is 22.4 Å². The summed E-state index contributed by atoms with van der Waals surface area (Å²) in [6.07, 6.45) is 0. The van der Waals surface area contributed by atoms with Crippen molar-refractivity contribution in [3.05, 3.63) is 88.7 Å². The molecule has 0 aliphatic rings. The van der Waals surface area contributed by atoms with Crippen molar-refractivity contribution in [1.82, 2.24) is 0 Å². The van der Waals surface area contributed by atoms with Crippen LogP contribution in [0.15, 0.2) is 71.6 Å². The molecular formula is C22H18ClFN2O5S. The molecule has 2 N–H and O–H groups in total. The minimum atomic E-state index is -4.13. The molecular weight excluding hydrogens is 459 g/mol. The summed E-state index contributed by atoms with van der Waals surface area (Å²) in [6, 6.07) is 14.6. The molecule has 0 radical (unpaired) electrons. The number of amides is 1. The van der Waals surface area contributed by atoms with Gasteiger partial charge in [-0.25, -0.2) is 17.6 Å². The van der Waals surface area contributed by atoms with Crippen molar-refractivity contribution in [3.8, 4) is 0 Å². The summed E-state index contributed by atoms with van der Waals surface area (Å²) in [6.45, 7) is 1.95. The van der Waals surface area contributed by atoms with Crippen molar-refractivity contribution >= 4 is 44.9 Å². The molecule has 0 aromatic heterocycles. The van der Waals surface area contributed by atoms with Gasteiger partial charge in [-0.2, -0.15) is 0 Å². The fourth-order valence-corrected chi connectivity index (χ4v) is 4.01. The predicted octanol–water partition coefficient (Wildman–Crippen LogP) is 4.71. The second kappa shape index (κ2) is 9.80. The van der Waals surface area contributed by atoms with E-state index in [2.05, 4.69) is 10.0 Å². The summed E-state index contributed by atoms with van der Waals surface area (Å²) in [4.78, 5) is 24.0. The zero-order valence-electron chi connectivity index (χ0n) is 16.8. The number of nitrogens with one attached hydrogen (secondary N) is 2. The van der Waals surface area contributed by atoms with Gasteiger partial charge in [0.1, 0.15) is 5.82 Å². The number of anilines is 2. The van der Waals surface area contributed by atoms with Gasteiger partial charge in [-0.15, -0.1) is 0 Å². The lowest BCUT2D eigenvalue weighted by molar-refractivity contribution is 0.0526. The van der Waals surface area contributed by atoms with Crippen molar-refractivity contribution in [2.75, 3.05) is 16.6 Å². The molecule has 32 heavy (non-hydrogen) atoms. The lowest BCUT2D eigenvalue weighted by atomic mass is 10.1. The van der Waals surface area contributed by atoms with Crippen molar-refractivity contribution in [2.24, 2.45) is 0 Å². The minimum Gasteiger partial charge on any atom is -0.462 e. The average molecular weight is 477 g/mol. The Balaban J connectivity index is 1.77. The molecule has 0 bridgehead atoms. The van der Waals surface area contributed by atoms with Crippen molar-refractivity contribution in [2.45, 2.75) is 11.8 Å². The van der Waals surface area contributed by atoms with Gasteiger partial charge >= 0.3 is 5.97 Å². The molecule has 0 saturated heterocycles. The first-order valence-electron chi connectivity index (χ1n) is 9.36. The Morgan fingerprint density at radius 3 is 2.34 bits per heavy atom. The summed E-state index contributed by atoms with van der Waals surface area (Å²) >= 11 is 6.08. The second-order valence-corrected chi connectivity index (χ2v) is 8.60. The molecule has 0 aliphatic heterocycles. The zero-order valence-corrected chi connectivity index (χ0v) is 18.3. The van der Waals surface area contributed by atoms with Gasteiger partial charge in [0, 0.05) is 11.3 Å². The number of esters is 1. The molecule has 1 amide bonds. The molecule has 3 aromatic carbocycles. The minimum absolute atomic E-state index is 0.0405. The van der Waals surface area contributed by atoms with E-state index in [1.54, 1.807) is 6.92 Å². The van der Waals surface area contributed by atoms with E-state index in [0.29, 0.717) is 11.3 Å². The van der Waals surface area contributed by atoms with Crippen LogP contribution in [0.25, 0.3) is 0 Å². The Labute approximate surface area is 189 Å². The van der Waals surface area contributed by atoms with Gasteiger partial charge in [0.2, 0.25) is 0 Å². The summed E-state index contributed by atoms with van der Waals surface area (Å²) < 4.78 is 45.6. The van der Waals surface area contributed by atoms with Gasteiger partial charge < -0.3 is 10.1 Å². The number of hydrogen-bond acceptors (Lipinski definition) is 5. The Bertz CT molecular complexity index is 1260. The molecule has 0 atom stereocenters. The molecule has 0 fully saturated rings. The smallest absolute Gasteiger partial charge is 0.338 e. The van der Waals surface area contributed by atoms with Crippen LogP contribution in [-0.2, 0) is 14.8 Å². The zero-order chi connectivity index (χ0) is 23.3. The first kappa shape index (κ1) is 23.2. The molecule has 3 rings (SSSR count). The number of carbonyl (C=O) groups is 2. The Kier molecular flexibility index (Phi) is 7.12. The second-order valence-electron chi connectivity index (χ2n) is 6.51. The van der Waals surface area contributed by atoms with E-state index < -0.39 is 27.7 Å². The lowest BCUT2D eigenvalue weighted by Crippen LogP contribution is -2.16. The lowest BCUT2D eigenvalue weighted by Gasteiger charge is -2.12. The Morgan fingerprint density at radius 2 is 1.69 bits per heavy atom. The van der Waals surface area contributed by atoms with Crippen molar-refractivity contribution in [3.63, 3.8) is 0 Å². The van der Waals surface area contributed by atoms with E-state index in [1.807, 2.05) is 0 Å². The fourth-order valence-electron chi connectivity index (χ4n) is 2.69. The third kappa shape index (κ3) is 5.63. The topological polar surface area (TPSA) is 102 Å². The third-order valence-electron chi connectivity index (χ3n) is 4.23. The van der Waals surface area contributed by atoms with Crippen LogP contribution < -0.4 is 10.0 Å². The maximum Gasteiger partial charge on any atom is 0.338 e. The quantitative estimate of drug-likeness (QED) is 0.481. The van der Waals surface area contributed by atoms with Gasteiger partial charge in [-0.05, 0) is 67.6 Å². The summed E-state index contributed by atoms with van der Waals surface area (Å²) in [5, 5.41) is 2.70. The number of halogens is 2. The van der Waals surface area contributed by atoms with Gasteiger partial charge in [0.05, 0.1) is 27.8 Å². The van der Waals surface area contributed by atoms with Crippen LogP contribution >= 0.6 is 11.6 Å². The van der Waals surface area contributed by atoms with E-state index >= 15 is 0 Å². The normalized spacial score (nSPS) is 11.0. The maximum absolute atomic E-state index is 13.4. The van der Waals surface area contributed by atoms with E-state index in [0.717, 1.165) is 12.1 Å². The SMILES string of the molecule is CCOC(=O)c1ccc(NC(=O)c2ccc(Cl)c(NS(=O)(=O)c3cccc(F)c3)c2)cc1. The number of benzene rings is 3. The molecule has 0 unspecified atom stereocenters. The highest BCUT2D eigenvalue weighted by atomic mass is 35.5. The van der Waals surface area contributed by atoms with Crippen LogP contribution in [0.2, 0.25) is 5.02 Å². The number of rotatable bonds is 7. The van der Waals surface area contributed by atoms with Gasteiger partial charge in [-0.3, -0.25) is 9.52 Å². The summed E-state index contributed by atoms with van der Waals surface area (Å²) in [5.74, 6) is -1.71. The van der Waals surface area contributed by atoms with Crippen molar-refractivity contribution < 1.29 is 27.1 Å². The number of sulfonamides is 1. The molecule has 0 spiro atoms. The molecule has 3 aromatic rings. The first-order chi connectivity index (χ1) is 15.2. The monoisotopic (exact) mass is 476 g/mol. The largest absolute Gasteiger partial charge is 0.462 e. The summed E-state index contributed by atoms with van der Waals surface area (Å²) in [7, 11) is -4.13. The van der Waals surface area contributed by atoms with Crippen LogP contribution in [0.4, 0.5) is 15.8 Å². The van der Waals surface area contributed by atoms with Crippen LogP contribution in [0.3, 0.4) is 0 Å². The number of hydrogen-bond donors (Lipinski definition) is 2. The average Bonchev–Trinajstić information content (AvgIpc) is 2.76. The number of carbonyl (C=O) groups excluding carboxylic acids is 2. The first-order valence-corrected chi connectivity index (χ1v) is 11.2. The van der Waals surface area contributed by atoms with Gasteiger partial charge in [-0.1, -0.05) is 17.7 Å². The van der Waals surface area contributed by atoms with Gasteiger partial charge in [0.25, 0.3) is 15.9 Å². The fraction of sp³-hybridized carbons (Fsp3) is 0.0909. The summed E-state index contributed by atoms with van der Waals surface area (Å²) in [5.41, 5.74) is 0.840. The molecule has 0 aliphatic carbocycles. The molecule has 166 valence electrons. The highest BCUT2D eigenvalue weighted by Gasteiger charge is 2.18. The van der Waals surface area contributed by atoms with Crippen LogP contribution in [-0.4, -0.2) is 26.9 Å².